The molecule has 1 aromatic carbocycles. The minimum atomic E-state index is -0.950. The number of ether oxygens (including phenoxy) is 1. The van der Waals surface area contributed by atoms with Gasteiger partial charge in [-0.2, -0.15) is 0 Å². The molecule has 0 saturated heterocycles. The summed E-state index contributed by atoms with van der Waals surface area (Å²) in [7, 11) is 0. The highest BCUT2D eigenvalue weighted by Crippen LogP contribution is 2.18. The first kappa shape index (κ1) is 19.3. The van der Waals surface area contributed by atoms with Gasteiger partial charge in [0.1, 0.15) is 5.82 Å². The van der Waals surface area contributed by atoms with E-state index >= 15 is 0 Å². The van der Waals surface area contributed by atoms with Crippen molar-refractivity contribution in [2.75, 3.05) is 5.32 Å². The number of nitrogens with one attached hydrogen (secondary N) is 1. The molecule has 2 rings (SSSR count). The molecule has 2 aromatic rings. The van der Waals surface area contributed by atoms with E-state index in [-0.39, 0.29) is 23.2 Å². The van der Waals surface area contributed by atoms with Crippen molar-refractivity contribution < 1.29 is 19.1 Å². The maximum atomic E-state index is 12.7. The van der Waals surface area contributed by atoms with E-state index in [1.807, 2.05) is 32.9 Å². The first-order valence-electron chi connectivity index (χ1n) is 8.26. The molecule has 0 aliphatic rings. The van der Waals surface area contributed by atoms with Gasteiger partial charge in [0.2, 0.25) is 11.7 Å². The first-order chi connectivity index (χ1) is 12.2. The second kappa shape index (κ2) is 7.91. The monoisotopic (exact) mass is 354 g/mol. The van der Waals surface area contributed by atoms with Gasteiger partial charge in [-0.05, 0) is 62.6 Å². The quantitative estimate of drug-likeness (QED) is 0.657. The van der Waals surface area contributed by atoms with E-state index in [4.69, 9.17) is 4.74 Å². The fraction of sp³-hybridized carbons (Fsp3) is 0.300. The minimum Gasteiger partial charge on any atom is -0.450 e. The number of nitrogens with zero attached hydrogens (tertiary/aromatic N) is 1. The summed E-state index contributed by atoms with van der Waals surface area (Å²) in [5, 5.41) is 2.50. The van der Waals surface area contributed by atoms with E-state index in [0.717, 1.165) is 16.7 Å². The van der Waals surface area contributed by atoms with Crippen LogP contribution in [0.1, 0.15) is 51.4 Å². The number of hydrogen-bond donors (Lipinski definition) is 1. The molecule has 6 heteroatoms. The van der Waals surface area contributed by atoms with Gasteiger partial charge < -0.3 is 10.1 Å². The zero-order valence-corrected chi connectivity index (χ0v) is 15.5. The van der Waals surface area contributed by atoms with Crippen LogP contribution >= 0.6 is 0 Å². The van der Waals surface area contributed by atoms with Gasteiger partial charge >= 0.3 is 5.97 Å². The molecule has 1 amide bonds. The van der Waals surface area contributed by atoms with Crippen LogP contribution in [0.15, 0.2) is 30.3 Å². The zero-order chi connectivity index (χ0) is 19.4. The van der Waals surface area contributed by atoms with E-state index < -0.39 is 12.1 Å². The van der Waals surface area contributed by atoms with Crippen molar-refractivity contribution in [2.45, 2.75) is 40.7 Å². The first-order valence-corrected chi connectivity index (χ1v) is 8.26. The zero-order valence-electron chi connectivity index (χ0n) is 15.5. The summed E-state index contributed by atoms with van der Waals surface area (Å²) in [6.45, 7) is 8.64. The molecule has 0 radical (unpaired) electrons. The lowest BCUT2D eigenvalue weighted by molar-refractivity contribution is -0.114. The molecule has 26 heavy (non-hydrogen) atoms. The summed E-state index contributed by atoms with van der Waals surface area (Å²) in [5.41, 5.74) is 3.50. The third-order valence-corrected chi connectivity index (χ3v) is 4.02. The number of ketones is 1. The number of pyridine rings is 1. The normalized spacial score (nSPS) is 11.6. The van der Waals surface area contributed by atoms with Gasteiger partial charge in [0.05, 0.1) is 0 Å². The Hall–Kier alpha value is -3.02. The van der Waals surface area contributed by atoms with Crippen molar-refractivity contribution in [3.8, 4) is 0 Å². The number of rotatable bonds is 5. The number of aromatic nitrogens is 1. The van der Waals surface area contributed by atoms with Crippen LogP contribution in [-0.2, 0) is 9.53 Å². The van der Waals surface area contributed by atoms with Crippen LogP contribution in [-0.4, -0.2) is 28.7 Å². The van der Waals surface area contributed by atoms with E-state index in [9.17, 15) is 14.4 Å². The summed E-state index contributed by atoms with van der Waals surface area (Å²) in [6.07, 6.45) is -0.950. The van der Waals surface area contributed by atoms with Crippen molar-refractivity contribution in [1.82, 2.24) is 4.98 Å². The smallest absolute Gasteiger partial charge is 0.357 e. The van der Waals surface area contributed by atoms with Gasteiger partial charge in [-0.15, -0.1) is 0 Å². The van der Waals surface area contributed by atoms with Gasteiger partial charge in [0, 0.05) is 12.5 Å². The second-order valence-electron chi connectivity index (χ2n) is 6.25. The van der Waals surface area contributed by atoms with Crippen LogP contribution in [0.5, 0.6) is 0 Å². The Morgan fingerprint density at radius 2 is 1.69 bits per heavy atom. The van der Waals surface area contributed by atoms with Crippen LogP contribution in [0.25, 0.3) is 0 Å². The molecule has 0 saturated carbocycles. The molecular formula is C20H22N2O4. The van der Waals surface area contributed by atoms with E-state index in [1.165, 1.54) is 19.9 Å². The van der Waals surface area contributed by atoms with Crippen LogP contribution < -0.4 is 5.32 Å². The Labute approximate surface area is 152 Å². The fourth-order valence-corrected chi connectivity index (χ4v) is 2.52. The summed E-state index contributed by atoms with van der Waals surface area (Å²) in [5.74, 6) is -1.04. The Balaban J connectivity index is 2.15. The highest BCUT2D eigenvalue weighted by atomic mass is 16.5. The SMILES string of the molecule is CC(=O)Nc1cccc(C(=O)OC(C)C(=O)c2cc(C)c(C)cc2C)n1. The van der Waals surface area contributed by atoms with E-state index in [1.54, 1.807) is 12.1 Å². The summed E-state index contributed by atoms with van der Waals surface area (Å²) in [4.78, 5) is 40.1. The Kier molecular flexibility index (Phi) is 5.87. The molecular weight excluding hydrogens is 332 g/mol. The van der Waals surface area contributed by atoms with Gasteiger partial charge in [0.15, 0.2) is 11.8 Å². The molecule has 6 nitrogen and oxygen atoms in total. The third-order valence-electron chi connectivity index (χ3n) is 4.02. The molecule has 1 atom stereocenters. The summed E-state index contributed by atoms with van der Waals surface area (Å²) in [6, 6.07) is 8.36. The minimum absolute atomic E-state index is 0.0210. The van der Waals surface area contributed by atoms with Gasteiger partial charge in [0.25, 0.3) is 0 Å². The number of carbonyl (C=O) groups is 3. The van der Waals surface area contributed by atoms with E-state index in [2.05, 4.69) is 10.3 Å². The van der Waals surface area contributed by atoms with Gasteiger partial charge in [-0.3, -0.25) is 9.59 Å². The van der Waals surface area contributed by atoms with Gasteiger partial charge in [-0.1, -0.05) is 12.1 Å². The number of aryl methyl sites for hydroxylation is 3. The van der Waals surface area contributed by atoms with Crippen molar-refractivity contribution in [3.63, 3.8) is 0 Å². The number of benzene rings is 1. The Morgan fingerprint density at radius 3 is 2.35 bits per heavy atom. The molecule has 0 aliphatic heterocycles. The maximum absolute atomic E-state index is 12.7. The third kappa shape index (κ3) is 4.53. The van der Waals surface area contributed by atoms with Crippen LogP contribution in [0, 0.1) is 20.8 Å². The largest absolute Gasteiger partial charge is 0.450 e. The van der Waals surface area contributed by atoms with Crippen LogP contribution in [0.3, 0.4) is 0 Å². The maximum Gasteiger partial charge on any atom is 0.357 e. The molecule has 0 fully saturated rings. The average Bonchev–Trinajstić information content (AvgIpc) is 2.57. The second-order valence-corrected chi connectivity index (χ2v) is 6.25. The standard InChI is InChI=1S/C20H22N2O4/c1-11-9-13(3)16(10-12(11)2)19(24)14(4)26-20(25)17-7-6-8-18(22-17)21-15(5)23/h6-10,14H,1-5H3,(H,21,22,23). The van der Waals surface area contributed by atoms with Crippen LogP contribution in [0.2, 0.25) is 0 Å². The number of hydrogen-bond acceptors (Lipinski definition) is 5. The van der Waals surface area contributed by atoms with E-state index in [0.29, 0.717) is 5.56 Å². The number of amides is 1. The molecule has 0 aliphatic carbocycles. The fourth-order valence-electron chi connectivity index (χ4n) is 2.52. The predicted octanol–water partition coefficient (Wildman–Crippen LogP) is 3.39. The highest BCUT2D eigenvalue weighted by Gasteiger charge is 2.23. The topological polar surface area (TPSA) is 85.4 Å². The molecule has 1 aromatic heterocycles. The number of Topliss-reactive ketones (excluding diaryl/α,β-unsaturated/α-hetero) is 1. The molecule has 0 bridgehead atoms. The van der Waals surface area contributed by atoms with Crippen molar-refractivity contribution in [2.24, 2.45) is 0 Å². The molecule has 0 spiro atoms. The number of esters is 1. The van der Waals surface area contributed by atoms with Crippen molar-refractivity contribution in [3.05, 3.63) is 58.3 Å². The predicted molar refractivity (Wildman–Crippen MR) is 98.4 cm³/mol. The molecule has 1 unspecified atom stereocenters. The summed E-state index contributed by atoms with van der Waals surface area (Å²) >= 11 is 0. The lowest BCUT2D eigenvalue weighted by Crippen LogP contribution is -2.26. The average molecular weight is 354 g/mol. The van der Waals surface area contributed by atoms with Crippen molar-refractivity contribution >= 4 is 23.5 Å². The van der Waals surface area contributed by atoms with Crippen LogP contribution in [0.4, 0.5) is 5.82 Å². The number of anilines is 1. The Morgan fingerprint density at radius 1 is 1.04 bits per heavy atom. The lowest BCUT2D eigenvalue weighted by Gasteiger charge is -2.15. The van der Waals surface area contributed by atoms with Crippen molar-refractivity contribution in [1.29, 1.82) is 0 Å². The van der Waals surface area contributed by atoms with Gasteiger partial charge in [-0.25, -0.2) is 9.78 Å². The molecule has 136 valence electrons. The lowest BCUT2D eigenvalue weighted by atomic mass is 9.96. The summed E-state index contributed by atoms with van der Waals surface area (Å²) < 4.78 is 5.27. The molecule has 1 N–H and O–H groups in total. The Bertz CT molecular complexity index is 874. The highest BCUT2D eigenvalue weighted by molar-refractivity contribution is 6.02. The molecule has 1 heterocycles. The number of carbonyl (C=O) groups excluding carboxylic acids is 3.